The zero-order valence-corrected chi connectivity index (χ0v) is 14.6. The molecule has 6 heteroatoms. The Morgan fingerprint density at radius 2 is 2.00 bits per heavy atom. The zero-order chi connectivity index (χ0) is 18.1. The molecule has 6 nitrogen and oxygen atoms in total. The number of carbonyl (C=O) groups is 2. The highest BCUT2D eigenvalue weighted by atomic mass is 16.2. The van der Waals surface area contributed by atoms with Gasteiger partial charge in [0.2, 0.25) is 5.91 Å². The number of anilines is 2. The van der Waals surface area contributed by atoms with Gasteiger partial charge in [0.25, 0.3) is 11.5 Å². The molecule has 0 radical (unpaired) electrons. The van der Waals surface area contributed by atoms with Gasteiger partial charge in [-0.2, -0.15) is 0 Å². The maximum atomic E-state index is 12.5. The maximum absolute atomic E-state index is 12.5. The van der Waals surface area contributed by atoms with Gasteiger partial charge in [-0.25, -0.2) is 0 Å². The molecule has 2 amide bonds. The van der Waals surface area contributed by atoms with Gasteiger partial charge in [0.15, 0.2) is 0 Å². The van der Waals surface area contributed by atoms with E-state index in [1.807, 2.05) is 26.0 Å². The number of rotatable bonds is 3. The fraction of sp³-hybridized carbons (Fsp3) is 0.316. The van der Waals surface area contributed by atoms with Gasteiger partial charge in [0, 0.05) is 30.5 Å². The second-order valence-electron chi connectivity index (χ2n) is 6.28. The van der Waals surface area contributed by atoms with Crippen LogP contribution >= 0.6 is 0 Å². The summed E-state index contributed by atoms with van der Waals surface area (Å²) >= 11 is 0. The van der Waals surface area contributed by atoms with Crippen LogP contribution in [0, 0.1) is 6.92 Å². The Bertz CT molecular complexity index is 915. The van der Waals surface area contributed by atoms with Crippen molar-refractivity contribution in [2.75, 3.05) is 17.3 Å². The molecule has 3 rings (SSSR count). The summed E-state index contributed by atoms with van der Waals surface area (Å²) in [6.07, 6.45) is 1.81. The third-order valence-electron chi connectivity index (χ3n) is 4.63. The van der Waals surface area contributed by atoms with E-state index >= 15 is 0 Å². The number of fused-ring (bicyclic) bond motifs is 1. The van der Waals surface area contributed by atoms with Gasteiger partial charge in [-0.05, 0) is 55.2 Å². The lowest BCUT2D eigenvalue weighted by Crippen LogP contribution is -2.31. The van der Waals surface area contributed by atoms with Crippen molar-refractivity contribution in [1.29, 1.82) is 0 Å². The lowest BCUT2D eigenvalue weighted by molar-refractivity contribution is -0.118. The van der Waals surface area contributed by atoms with Crippen LogP contribution in [0.3, 0.4) is 0 Å². The van der Waals surface area contributed by atoms with Crippen LogP contribution in [0.1, 0.15) is 40.5 Å². The van der Waals surface area contributed by atoms with E-state index in [1.54, 1.807) is 24.1 Å². The van der Waals surface area contributed by atoms with Crippen molar-refractivity contribution in [2.45, 2.75) is 33.1 Å². The van der Waals surface area contributed by atoms with Crippen molar-refractivity contribution in [3.05, 3.63) is 57.0 Å². The van der Waals surface area contributed by atoms with Crippen LogP contribution in [-0.2, 0) is 17.6 Å². The van der Waals surface area contributed by atoms with Gasteiger partial charge in [-0.1, -0.05) is 6.92 Å². The first-order chi connectivity index (χ1) is 11.9. The molecule has 0 saturated carbocycles. The first-order valence-electron chi connectivity index (χ1n) is 8.34. The quantitative estimate of drug-likeness (QED) is 0.901. The molecule has 0 saturated heterocycles. The average Bonchev–Trinajstić information content (AvgIpc) is 2.59. The summed E-state index contributed by atoms with van der Waals surface area (Å²) in [7, 11) is 1.75. The number of nitrogens with one attached hydrogen (secondary N) is 2. The molecule has 2 heterocycles. The predicted octanol–water partition coefficient (Wildman–Crippen LogP) is 2.41. The van der Waals surface area contributed by atoms with E-state index in [-0.39, 0.29) is 17.0 Å². The standard InChI is InChI=1S/C19H21N3O3/c1-4-15-11(2)9-14(19(25)21-15)18(24)20-13-6-7-16-12(10-13)5-8-17(23)22(16)3/h6-7,9-10H,4-5,8H2,1-3H3,(H,20,24)(H,21,25). The minimum Gasteiger partial charge on any atom is -0.325 e. The number of amides is 2. The Labute approximate surface area is 145 Å². The van der Waals surface area contributed by atoms with E-state index in [0.717, 1.165) is 22.5 Å². The molecule has 1 aliphatic heterocycles. The predicted molar refractivity (Wildman–Crippen MR) is 97.3 cm³/mol. The molecule has 25 heavy (non-hydrogen) atoms. The van der Waals surface area contributed by atoms with E-state index in [9.17, 15) is 14.4 Å². The summed E-state index contributed by atoms with van der Waals surface area (Å²) < 4.78 is 0. The summed E-state index contributed by atoms with van der Waals surface area (Å²) in [5.41, 5.74) is 3.91. The minimum absolute atomic E-state index is 0.0855. The largest absolute Gasteiger partial charge is 0.325 e. The number of H-pyrrole nitrogens is 1. The molecule has 130 valence electrons. The number of carbonyl (C=O) groups excluding carboxylic acids is 2. The molecule has 0 aliphatic carbocycles. The highest BCUT2D eigenvalue weighted by Gasteiger charge is 2.21. The van der Waals surface area contributed by atoms with Crippen LogP contribution in [0.4, 0.5) is 11.4 Å². The molecule has 2 N–H and O–H groups in total. The van der Waals surface area contributed by atoms with E-state index in [4.69, 9.17) is 0 Å². The number of nitrogens with zero attached hydrogens (tertiary/aromatic N) is 1. The van der Waals surface area contributed by atoms with Crippen LogP contribution in [0.5, 0.6) is 0 Å². The van der Waals surface area contributed by atoms with Gasteiger partial charge in [0.1, 0.15) is 5.56 Å². The van der Waals surface area contributed by atoms with Crippen molar-refractivity contribution in [2.24, 2.45) is 0 Å². The summed E-state index contributed by atoms with van der Waals surface area (Å²) in [6.45, 7) is 3.82. The third-order valence-corrected chi connectivity index (χ3v) is 4.63. The first-order valence-corrected chi connectivity index (χ1v) is 8.34. The van der Waals surface area contributed by atoms with Crippen molar-refractivity contribution < 1.29 is 9.59 Å². The Morgan fingerprint density at radius 3 is 2.72 bits per heavy atom. The van der Waals surface area contributed by atoms with Crippen LogP contribution in [-0.4, -0.2) is 23.8 Å². The number of aromatic nitrogens is 1. The Kier molecular flexibility index (Phi) is 4.44. The molecule has 0 bridgehead atoms. The van der Waals surface area contributed by atoms with Crippen molar-refractivity contribution in [1.82, 2.24) is 4.98 Å². The fourth-order valence-electron chi connectivity index (χ4n) is 3.14. The van der Waals surface area contributed by atoms with Gasteiger partial charge in [-0.15, -0.1) is 0 Å². The van der Waals surface area contributed by atoms with Crippen molar-refractivity contribution in [3.8, 4) is 0 Å². The SMILES string of the molecule is CCc1[nH]c(=O)c(C(=O)Nc2ccc3c(c2)CCC(=O)N3C)cc1C. The second-order valence-corrected chi connectivity index (χ2v) is 6.28. The second kappa shape index (κ2) is 6.55. The van der Waals surface area contributed by atoms with E-state index in [1.165, 1.54) is 0 Å². The smallest absolute Gasteiger partial charge is 0.261 e. The Morgan fingerprint density at radius 1 is 1.24 bits per heavy atom. The van der Waals surface area contributed by atoms with Crippen LogP contribution in [0.15, 0.2) is 29.1 Å². The number of hydrogen-bond donors (Lipinski definition) is 2. The Balaban J connectivity index is 1.86. The summed E-state index contributed by atoms with van der Waals surface area (Å²) in [5.74, 6) is -0.352. The van der Waals surface area contributed by atoms with Gasteiger partial charge >= 0.3 is 0 Å². The van der Waals surface area contributed by atoms with Gasteiger partial charge < -0.3 is 15.2 Å². The maximum Gasteiger partial charge on any atom is 0.261 e. The molecule has 1 aromatic carbocycles. The lowest BCUT2D eigenvalue weighted by atomic mass is 10.0. The average molecular weight is 339 g/mol. The highest BCUT2D eigenvalue weighted by Crippen LogP contribution is 2.29. The first kappa shape index (κ1) is 17.0. The minimum atomic E-state index is -0.438. The summed E-state index contributed by atoms with van der Waals surface area (Å²) in [4.78, 5) is 40.7. The van der Waals surface area contributed by atoms with Crippen LogP contribution in [0.25, 0.3) is 0 Å². The van der Waals surface area contributed by atoms with E-state index in [0.29, 0.717) is 24.9 Å². The molecule has 0 unspecified atom stereocenters. The van der Waals surface area contributed by atoms with Crippen molar-refractivity contribution >= 4 is 23.2 Å². The van der Waals surface area contributed by atoms with E-state index in [2.05, 4.69) is 10.3 Å². The number of aromatic amines is 1. The fourth-order valence-corrected chi connectivity index (χ4v) is 3.14. The van der Waals surface area contributed by atoms with E-state index < -0.39 is 5.91 Å². The molecule has 1 aliphatic rings. The molecule has 0 spiro atoms. The summed E-state index contributed by atoms with van der Waals surface area (Å²) in [5, 5.41) is 2.78. The number of aryl methyl sites for hydroxylation is 3. The van der Waals surface area contributed by atoms with Gasteiger partial charge in [-0.3, -0.25) is 14.4 Å². The molecule has 1 aromatic heterocycles. The van der Waals surface area contributed by atoms with Gasteiger partial charge in [0.05, 0.1) is 0 Å². The monoisotopic (exact) mass is 339 g/mol. The van der Waals surface area contributed by atoms with Crippen LogP contribution in [0.2, 0.25) is 0 Å². The molecular formula is C19H21N3O3. The Hall–Kier alpha value is -2.89. The highest BCUT2D eigenvalue weighted by molar-refractivity contribution is 6.04. The normalized spacial score (nSPS) is 13.6. The topological polar surface area (TPSA) is 82.3 Å². The molecule has 0 atom stereocenters. The third kappa shape index (κ3) is 3.20. The van der Waals surface area contributed by atoms with Crippen molar-refractivity contribution in [3.63, 3.8) is 0 Å². The lowest BCUT2D eigenvalue weighted by Gasteiger charge is -2.26. The molecular weight excluding hydrogens is 318 g/mol. The number of pyridine rings is 1. The molecule has 0 fully saturated rings. The number of hydrogen-bond acceptors (Lipinski definition) is 3. The molecule has 2 aromatic rings. The number of benzene rings is 1. The van der Waals surface area contributed by atoms with Crippen LogP contribution < -0.4 is 15.8 Å². The zero-order valence-electron chi connectivity index (χ0n) is 14.6. The summed E-state index contributed by atoms with van der Waals surface area (Å²) in [6, 6.07) is 7.04.